The summed E-state index contributed by atoms with van der Waals surface area (Å²) in [5.74, 6) is -0.572. The molecule has 0 saturated heterocycles. The Kier molecular flexibility index (Phi) is 9.74. The van der Waals surface area contributed by atoms with Crippen LogP contribution in [0.2, 0.25) is 0 Å². The first kappa shape index (κ1) is 31.4. The number of carbonyl (C=O) groups excluding carboxylic acids is 1. The maximum absolute atomic E-state index is 13.0. The Bertz CT molecular complexity index is 1690. The summed E-state index contributed by atoms with van der Waals surface area (Å²) in [7, 11) is -9.28. The first-order valence-corrected chi connectivity index (χ1v) is 12.6. The molecule has 1 aliphatic rings. The van der Waals surface area contributed by atoms with Crippen molar-refractivity contribution in [1.29, 1.82) is 0 Å². The Morgan fingerprint density at radius 3 is 1.73 bits per heavy atom. The van der Waals surface area contributed by atoms with Gasteiger partial charge >= 0.3 is 59.1 Å². The van der Waals surface area contributed by atoms with Gasteiger partial charge in [0.1, 0.15) is 20.2 Å². The average molecular weight is 562 g/mol. The number of aromatic nitrogens is 2. The Hall–Kier alpha value is -1.85. The minimum Gasteiger partial charge on any atom is -0.744 e. The molecule has 1 amide bonds. The molecule has 2 heterocycles. The van der Waals surface area contributed by atoms with Crippen molar-refractivity contribution in [3.63, 3.8) is 0 Å². The zero-order valence-corrected chi connectivity index (χ0v) is 25.8. The predicted molar refractivity (Wildman–Crippen MR) is 122 cm³/mol. The van der Waals surface area contributed by atoms with Crippen LogP contribution in [-0.4, -0.2) is 47.3 Å². The molecule has 0 unspecified atom stereocenters. The van der Waals surface area contributed by atoms with E-state index in [-0.39, 0.29) is 81.6 Å². The van der Waals surface area contributed by atoms with E-state index in [9.17, 15) is 35.5 Å². The summed E-state index contributed by atoms with van der Waals surface area (Å²) in [6.07, 6.45) is 1.36. The molecule has 0 fully saturated rings. The summed E-state index contributed by atoms with van der Waals surface area (Å²) in [4.78, 5) is 25.1. The number of rotatable bonds is 5. The second kappa shape index (κ2) is 11.5. The molecule has 0 aliphatic carbocycles. The van der Waals surface area contributed by atoms with Crippen LogP contribution in [0, 0.1) is 6.92 Å². The van der Waals surface area contributed by atoms with E-state index >= 15 is 0 Å². The molecule has 182 valence electrons. The summed E-state index contributed by atoms with van der Waals surface area (Å²) >= 11 is 0. The van der Waals surface area contributed by atoms with Gasteiger partial charge in [-0.3, -0.25) is 14.7 Å². The SMILES string of the molecule is CC1=NN(c2ccc(S(=O)(=O)[O-])cc2)C(=O)C1=Cc1c(C)[nH]n(-c2ccc(S(=O)(=O)[O-])cc2)c1=O.[Na+].[Na+]. The van der Waals surface area contributed by atoms with Crippen molar-refractivity contribution < 1.29 is 89.9 Å². The van der Waals surface area contributed by atoms with Crippen molar-refractivity contribution in [2.75, 3.05) is 5.01 Å². The smallest absolute Gasteiger partial charge is 0.744 e. The minimum absolute atomic E-state index is 0. The van der Waals surface area contributed by atoms with Gasteiger partial charge < -0.3 is 9.11 Å². The van der Waals surface area contributed by atoms with Gasteiger partial charge in [-0.1, -0.05) is 0 Å². The van der Waals surface area contributed by atoms with Gasteiger partial charge in [0.05, 0.1) is 38.0 Å². The van der Waals surface area contributed by atoms with Gasteiger partial charge in [0.15, 0.2) is 0 Å². The van der Waals surface area contributed by atoms with Gasteiger partial charge in [-0.15, -0.1) is 0 Å². The third kappa shape index (κ3) is 6.42. The van der Waals surface area contributed by atoms with Gasteiger partial charge in [-0.25, -0.2) is 21.5 Å². The fourth-order valence-corrected chi connectivity index (χ4v) is 4.37. The van der Waals surface area contributed by atoms with Crippen molar-refractivity contribution in [2.24, 2.45) is 5.10 Å². The molecule has 3 aromatic rings. The van der Waals surface area contributed by atoms with Crippen molar-refractivity contribution in [1.82, 2.24) is 9.78 Å². The Morgan fingerprint density at radius 2 is 1.27 bits per heavy atom. The van der Waals surface area contributed by atoms with Crippen molar-refractivity contribution in [2.45, 2.75) is 23.6 Å². The van der Waals surface area contributed by atoms with Crippen LogP contribution in [0.3, 0.4) is 0 Å². The number of amides is 1. The van der Waals surface area contributed by atoms with Crippen molar-refractivity contribution in [3.8, 4) is 5.69 Å². The molecule has 0 saturated carbocycles. The number of anilines is 1. The number of carbonyl (C=O) groups is 1. The van der Waals surface area contributed by atoms with Crippen LogP contribution in [0.1, 0.15) is 18.2 Å². The van der Waals surface area contributed by atoms with Crippen molar-refractivity contribution >= 4 is 43.6 Å². The molecule has 37 heavy (non-hydrogen) atoms. The van der Waals surface area contributed by atoms with Crippen LogP contribution in [0.15, 0.2) is 73.8 Å². The summed E-state index contributed by atoms with van der Waals surface area (Å²) in [5, 5.41) is 8.02. The largest absolute Gasteiger partial charge is 1.00 e. The van der Waals surface area contributed by atoms with E-state index < -0.39 is 41.5 Å². The summed E-state index contributed by atoms with van der Waals surface area (Å²) in [6, 6.07) is 9.41. The molecule has 1 N–H and O–H groups in total. The standard InChI is InChI=1S/C21H18N4O8S2.2Na/c1-12-18(20(26)24(22-12)14-3-7-16(8-4-14)34(28,29)30)11-19-13(2)23-25(21(19)27)15-5-9-17(10-6-15)35(31,32)33;;/h3-11,22H,1-2H3,(H,28,29,30)(H,31,32,33);;/q;2*+1/p-2. The number of aryl methyl sites for hydroxylation is 1. The van der Waals surface area contributed by atoms with Gasteiger partial charge in [-0.2, -0.15) is 10.1 Å². The Morgan fingerprint density at radius 1 is 0.811 bits per heavy atom. The second-order valence-corrected chi connectivity index (χ2v) is 10.3. The van der Waals surface area contributed by atoms with E-state index in [4.69, 9.17) is 0 Å². The van der Waals surface area contributed by atoms with Crippen LogP contribution in [0.5, 0.6) is 0 Å². The summed E-state index contributed by atoms with van der Waals surface area (Å²) < 4.78 is 67.9. The number of hydrogen-bond acceptors (Lipinski definition) is 9. The van der Waals surface area contributed by atoms with Crippen molar-refractivity contribution in [3.05, 3.63) is 75.7 Å². The zero-order chi connectivity index (χ0) is 25.7. The normalized spacial score (nSPS) is 14.8. The number of benzene rings is 2. The van der Waals surface area contributed by atoms with E-state index in [0.29, 0.717) is 11.4 Å². The monoisotopic (exact) mass is 562 g/mol. The number of H-pyrrole nitrogens is 1. The molecule has 0 spiro atoms. The summed E-state index contributed by atoms with van der Waals surface area (Å²) in [5.41, 5.74) is 0.939. The number of nitrogens with one attached hydrogen (secondary N) is 1. The number of nitrogens with zero attached hydrogens (tertiary/aromatic N) is 3. The maximum atomic E-state index is 13.0. The van der Waals surface area contributed by atoms with E-state index in [1.807, 2.05) is 0 Å². The third-order valence-electron chi connectivity index (χ3n) is 5.22. The van der Waals surface area contributed by atoms with Gasteiger partial charge in [0, 0.05) is 5.69 Å². The van der Waals surface area contributed by atoms with Crippen LogP contribution < -0.4 is 69.7 Å². The summed E-state index contributed by atoms with van der Waals surface area (Å²) in [6.45, 7) is 3.16. The zero-order valence-electron chi connectivity index (χ0n) is 20.1. The molecule has 0 radical (unpaired) electrons. The molecular weight excluding hydrogens is 546 g/mol. The molecule has 4 rings (SSSR count). The number of aromatic amines is 1. The third-order valence-corrected chi connectivity index (χ3v) is 6.92. The topological polar surface area (TPSA) is 185 Å². The quantitative estimate of drug-likeness (QED) is 0.182. The second-order valence-electron chi connectivity index (χ2n) is 7.55. The molecule has 2 aromatic carbocycles. The number of hydrogen-bond donors (Lipinski definition) is 1. The van der Waals surface area contributed by atoms with Crippen LogP contribution in [-0.2, 0) is 25.0 Å². The maximum Gasteiger partial charge on any atom is 1.00 e. The van der Waals surface area contributed by atoms with E-state index in [1.54, 1.807) is 13.8 Å². The molecule has 1 aromatic heterocycles. The predicted octanol–water partition coefficient (Wildman–Crippen LogP) is -4.90. The van der Waals surface area contributed by atoms with Gasteiger partial charge in [0.25, 0.3) is 11.5 Å². The number of hydrazone groups is 1. The first-order chi connectivity index (χ1) is 16.3. The van der Waals surface area contributed by atoms with Crippen LogP contribution in [0.4, 0.5) is 5.69 Å². The Balaban J connectivity index is 0.00000241. The first-order valence-electron chi connectivity index (χ1n) is 9.83. The molecular formula is C21H16N4Na2O8S2. The molecule has 16 heteroatoms. The average Bonchev–Trinajstić information content (AvgIpc) is 3.23. The Labute approximate surface area is 256 Å². The van der Waals surface area contributed by atoms with Crippen LogP contribution >= 0.6 is 0 Å². The fourth-order valence-electron chi connectivity index (χ4n) is 3.43. The van der Waals surface area contributed by atoms with E-state index in [1.165, 1.54) is 30.3 Å². The molecule has 1 aliphatic heterocycles. The minimum atomic E-state index is -4.65. The van der Waals surface area contributed by atoms with Gasteiger partial charge in [0.2, 0.25) is 0 Å². The van der Waals surface area contributed by atoms with Crippen LogP contribution in [0.25, 0.3) is 11.8 Å². The molecule has 0 atom stereocenters. The van der Waals surface area contributed by atoms with E-state index in [0.717, 1.165) is 34.0 Å². The van der Waals surface area contributed by atoms with Gasteiger partial charge in [-0.05, 0) is 68.5 Å². The fraction of sp³-hybridized carbons (Fsp3) is 0.0952. The molecule has 12 nitrogen and oxygen atoms in total. The van der Waals surface area contributed by atoms with E-state index in [2.05, 4.69) is 10.2 Å². The molecule has 0 bridgehead atoms.